The first-order valence-electron chi connectivity index (χ1n) is 12.7. The predicted octanol–water partition coefficient (Wildman–Crippen LogP) is 6.00. The highest BCUT2D eigenvalue weighted by Crippen LogP contribution is 2.31. The minimum Gasteiger partial charge on any atom is -0.465 e. The van der Waals surface area contributed by atoms with Gasteiger partial charge in [0, 0.05) is 37.1 Å². The van der Waals surface area contributed by atoms with Crippen LogP contribution in [0.25, 0.3) is 11.0 Å². The molecule has 4 aromatic rings. The third-order valence-electron chi connectivity index (χ3n) is 6.81. The summed E-state index contributed by atoms with van der Waals surface area (Å²) >= 11 is 0. The number of amides is 1. The molecule has 5 rings (SSSR count). The summed E-state index contributed by atoms with van der Waals surface area (Å²) in [6.07, 6.45) is 1.97. The Bertz CT molecular complexity index is 1460. The molecule has 3 heterocycles. The van der Waals surface area contributed by atoms with Crippen molar-refractivity contribution in [3.63, 3.8) is 0 Å². The van der Waals surface area contributed by atoms with E-state index in [2.05, 4.69) is 15.6 Å². The number of nitrogens with one attached hydrogen (secondary N) is 2. The van der Waals surface area contributed by atoms with Crippen molar-refractivity contribution >= 4 is 34.6 Å². The third-order valence-corrected chi connectivity index (χ3v) is 6.81. The molecule has 1 saturated heterocycles. The number of ether oxygens (including phenoxy) is 1. The minimum atomic E-state index is -1.03. The van der Waals surface area contributed by atoms with E-state index in [1.165, 1.54) is 11.0 Å². The fourth-order valence-corrected chi connectivity index (χ4v) is 4.79. The van der Waals surface area contributed by atoms with E-state index in [0.29, 0.717) is 28.8 Å². The first-order valence-corrected chi connectivity index (χ1v) is 12.7. The second kappa shape index (κ2) is 10.7. The summed E-state index contributed by atoms with van der Waals surface area (Å²) in [5, 5.41) is 16.4. The van der Waals surface area contributed by atoms with Crippen molar-refractivity contribution in [2.45, 2.75) is 38.6 Å². The van der Waals surface area contributed by atoms with Crippen LogP contribution in [0.5, 0.6) is 11.5 Å². The van der Waals surface area contributed by atoms with Crippen LogP contribution in [0.15, 0.2) is 54.7 Å². The molecule has 1 aliphatic rings. The lowest BCUT2D eigenvalue weighted by molar-refractivity contribution is 0.196. The molecule has 2 aromatic carbocycles. The van der Waals surface area contributed by atoms with Gasteiger partial charge in [0.05, 0.1) is 11.0 Å². The zero-order valence-corrected chi connectivity index (χ0v) is 21.6. The number of fused-ring (bicyclic) bond motifs is 1. The SMILES string of the molecule is CC(C)c1cc(Nc2nc3cc(Oc4ccnc(N(C(=O)O)C5CCNCC5)c4)ccc3n2C)ccc1F. The van der Waals surface area contributed by atoms with E-state index in [1.54, 1.807) is 30.5 Å². The number of rotatable bonds is 7. The lowest BCUT2D eigenvalue weighted by Gasteiger charge is -2.31. The molecule has 3 N–H and O–H groups in total. The molecule has 0 unspecified atom stereocenters. The van der Waals surface area contributed by atoms with Gasteiger partial charge in [-0.25, -0.2) is 19.2 Å². The number of anilines is 3. The van der Waals surface area contributed by atoms with Crippen molar-refractivity contribution in [1.82, 2.24) is 19.9 Å². The molecular formula is C28H31FN6O3. The van der Waals surface area contributed by atoms with E-state index in [1.807, 2.05) is 43.7 Å². The Morgan fingerprint density at radius 3 is 2.66 bits per heavy atom. The Kier molecular flexibility index (Phi) is 7.15. The van der Waals surface area contributed by atoms with Gasteiger partial charge in [0.1, 0.15) is 23.1 Å². The summed E-state index contributed by atoms with van der Waals surface area (Å²) in [6.45, 7) is 5.45. The maximum Gasteiger partial charge on any atom is 0.413 e. The first-order chi connectivity index (χ1) is 18.3. The second-order valence-corrected chi connectivity index (χ2v) is 9.75. The molecule has 0 radical (unpaired) electrons. The van der Waals surface area contributed by atoms with Crippen molar-refractivity contribution in [2.75, 3.05) is 23.3 Å². The van der Waals surface area contributed by atoms with Crippen LogP contribution in [0.3, 0.4) is 0 Å². The molecule has 38 heavy (non-hydrogen) atoms. The van der Waals surface area contributed by atoms with Gasteiger partial charge in [-0.15, -0.1) is 0 Å². The number of hydrogen-bond acceptors (Lipinski definition) is 6. The van der Waals surface area contributed by atoms with Gasteiger partial charge in [-0.1, -0.05) is 13.8 Å². The summed E-state index contributed by atoms with van der Waals surface area (Å²) in [5.41, 5.74) is 3.01. The van der Waals surface area contributed by atoms with E-state index >= 15 is 0 Å². The fourth-order valence-electron chi connectivity index (χ4n) is 4.79. The first kappa shape index (κ1) is 25.5. The highest BCUT2D eigenvalue weighted by Gasteiger charge is 2.27. The Balaban J connectivity index is 1.37. The molecule has 0 aliphatic carbocycles. The van der Waals surface area contributed by atoms with Gasteiger partial charge in [0.2, 0.25) is 5.95 Å². The average Bonchev–Trinajstić information content (AvgIpc) is 3.20. The summed E-state index contributed by atoms with van der Waals surface area (Å²) < 4.78 is 22.1. The largest absolute Gasteiger partial charge is 0.465 e. The maximum atomic E-state index is 14.1. The van der Waals surface area contributed by atoms with Crippen LogP contribution in [0.2, 0.25) is 0 Å². The van der Waals surface area contributed by atoms with Gasteiger partial charge < -0.3 is 25.0 Å². The number of piperidine rings is 1. The molecule has 0 spiro atoms. The molecule has 2 aromatic heterocycles. The summed E-state index contributed by atoms with van der Waals surface area (Å²) in [7, 11) is 1.90. The van der Waals surface area contributed by atoms with E-state index < -0.39 is 6.09 Å². The van der Waals surface area contributed by atoms with Gasteiger partial charge in [-0.05, 0) is 73.8 Å². The van der Waals surface area contributed by atoms with Gasteiger partial charge in [-0.3, -0.25) is 4.90 Å². The molecule has 9 nitrogen and oxygen atoms in total. The number of carbonyl (C=O) groups is 1. The lowest BCUT2D eigenvalue weighted by atomic mass is 10.0. The molecule has 0 bridgehead atoms. The number of aromatic nitrogens is 3. The molecule has 1 fully saturated rings. The van der Waals surface area contributed by atoms with Gasteiger partial charge >= 0.3 is 6.09 Å². The number of halogens is 1. The van der Waals surface area contributed by atoms with Crippen LogP contribution in [-0.2, 0) is 7.05 Å². The fraction of sp³-hybridized carbons (Fsp3) is 0.321. The van der Waals surface area contributed by atoms with Crippen molar-refractivity contribution < 1.29 is 19.0 Å². The number of benzene rings is 2. The Hall–Kier alpha value is -4.18. The van der Waals surface area contributed by atoms with Crippen molar-refractivity contribution in [2.24, 2.45) is 7.05 Å². The van der Waals surface area contributed by atoms with Crippen LogP contribution >= 0.6 is 0 Å². The van der Waals surface area contributed by atoms with E-state index in [0.717, 1.165) is 42.7 Å². The minimum absolute atomic E-state index is 0.0628. The Labute approximate surface area is 220 Å². The molecule has 1 aliphatic heterocycles. The maximum absolute atomic E-state index is 14.1. The lowest BCUT2D eigenvalue weighted by Crippen LogP contribution is -2.46. The van der Waals surface area contributed by atoms with Crippen LogP contribution in [-0.4, -0.2) is 44.9 Å². The second-order valence-electron chi connectivity index (χ2n) is 9.75. The van der Waals surface area contributed by atoms with E-state index in [4.69, 9.17) is 9.72 Å². The zero-order valence-electron chi connectivity index (χ0n) is 21.6. The Morgan fingerprint density at radius 2 is 1.92 bits per heavy atom. The van der Waals surface area contributed by atoms with Crippen molar-refractivity contribution in [3.8, 4) is 11.5 Å². The number of hydrogen-bond donors (Lipinski definition) is 3. The van der Waals surface area contributed by atoms with Crippen molar-refractivity contribution in [1.29, 1.82) is 0 Å². The molecule has 1 amide bonds. The molecule has 198 valence electrons. The van der Waals surface area contributed by atoms with E-state index in [9.17, 15) is 14.3 Å². The van der Waals surface area contributed by atoms with Crippen LogP contribution < -0.4 is 20.3 Å². The van der Waals surface area contributed by atoms with Crippen molar-refractivity contribution in [3.05, 3.63) is 66.1 Å². The van der Waals surface area contributed by atoms with E-state index in [-0.39, 0.29) is 17.8 Å². The number of aryl methyl sites for hydroxylation is 1. The van der Waals surface area contributed by atoms with Crippen LogP contribution in [0, 0.1) is 5.82 Å². The molecule has 10 heteroatoms. The molecule has 0 saturated carbocycles. The highest BCUT2D eigenvalue weighted by molar-refractivity contribution is 5.86. The third kappa shape index (κ3) is 5.26. The normalized spacial score (nSPS) is 14.1. The topological polar surface area (TPSA) is 105 Å². The van der Waals surface area contributed by atoms with Crippen LogP contribution in [0.1, 0.15) is 38.2 Å². The number of nitrogens with zero attached hydrogens (tertiary/aromatic N) is 4. The van der Waals surface area contributed by atoms with Crippen LogP contribution in [0.4, 0.5) is 26.6 Å². The standard InChI is InChI=1S/C28H31FN6O3/c1-17(2)22-14-18(4-6-23(22)29)32-27-33-24-15-20(5-7-25(24)34(27)3)38-21-10-13-31-26(16-21)35(28(36)37)19-8-11-30-12-9-19/h4-7,10,13-17,19,30H,8-9,11-12H2,1-3H3,(H,32,33)(H,36,37). The van der Waals surface area contributed by atoms with Gasteiger partial charge in [-0.2, -0.15) is 0 Å². The molecule has 0 atom stereocenters. The average molecular weight is 519 g/mol. The number of imidazole rings is 1. The smallest absolute Gasteiger partial charge is 0.413 e. The Morgan fingerprint density at radius 1 is 1.16 bits per heavy atom. The monoisotopic (exact) mass is 518 g/mol. The highest BCUT2D eigenvalue weighted by atomic mass is 19.1. The summed E-state index contributed by atoms with van der Waals surface area (Å²) in [6, 6.07) is 13.7. The molecular weight excluding hydrogens is 487 g/mol. The number of pyridine rings is 1. The quantitative estimate of drug-likeness (QED) is 0.275. The van der Waals surface area contributed by atoms with Gasteiger partial charge in [0.25, 0.3) is 0 Å². The predicted molar refractivity (Wildman–Crippen MR) is 145 cm³/mol. The number of carboxylic acid groups (broad SMARTS) is 1. The summed E-state index contributed by atoms with van der Waals surface area (Å²) in [5.74, 6) is 1.84. The zero-order chi connectivity index (χ0) is 26.8. The van der Waals surface area contributed by atoms with Gasteiger partial charge in [0.15, 0.2) is 0 Å². The summed E-state index contributed by atoms with van der Waals surface area (Å²) in [4.78, 5) is 22.4.